The van der Waals surface area contributed by atoms with Crippen LogP contribution in [0.25, 0.3) is 0 Å². The Bertz CT molecular complexity index is 399. The lowest BCUT2D eigenvalue weighted by Crippen LogP contribution is -2.24. The third-order valence-electron chi connectivity index (χ3n) is 2.51. The van der Waals surface area contributed by atoms with Crippen LogP contribution in [0.1, 0.15) is 29.6 Å². The fraction of sp³-hybridized carbons (Fsp3) is 0.462. The van der Waals surface area contributed by atoms with E-state index in [1.165, 1.54) is 18.2 Å². The van der Waals surface area contributed by atoms with E-state index in [2.05, 4.69) is 27.5 Å². The topological polar surface area (TPSA) is 49.3 Å². The van der Waals surface area contributed by atoms with Crippen molar-refractivity contribution in [1.82, 2.24) is 5.32 Å². The van der Waals surface area contributed by atoms with Crippen LogP contribution < -0.4 is 5.32 Å². The van der Waals surface area contributed by atoms with Gasteiger partial charge in [-0.3, -0.25) is 4.79 Å². The van der Waals surface area contributed by atoms with E-state index in [1.807, 2.05) is 11.8 Å². The van der Waals surface area contributed by atoms with Crippen LogP contribution in [-0.4, -0.2) is 29.6 Å². The molecular formula is C13H18BrNO2S. The predicted octanol–water partition coefficient (Wildman–Crippen LogP) is 3.42. The van der Waals surface area contributed by atoms with Gasteiger partial charge in [0.25, 0.3) is 5.91 Å². The van der Waals surface area contributed by atoms with Gasteiger partial charge in [-0.05, 0) is 43.0 Å². The molecule has 0 radical (unpaired) electrons. The lowest BCUT2D eigenvalue weighted by Gasteiger charge is -2.07. The molecule has 1 amide bonds. The normalized spacial score (nSPS) is 10.3. The Balaban J connectivity index is 2.34. The summed E-state index contributed by atoms with van der Waals surface area (Å²) in [5.41, 5.74) is 0.313. The number of phenolic OH excluding ortho intramolecular Hbond substituents is 1. The van der Waals surface area contributed by atoms with Crippen LogP contribution >= 0.6 is 27.7 Å². The Hall–Kier alpha value is -0.680. The standard InChI is InChI=1S/C13H18BrNO2S/c1-18-8-4-2-3-7-15-13(17)11-9-10(14)5-6-12(11)16/h5-6,9,16H,2-4,7-8H2,1H3,(H,15,17). The van der Waals surface area contributed by atoms with Crippen LogP contribution in [0.15, 0.2) is 22.7 Å². The van der Waals surface area contributed by atoms with Crippen molar-refractivity contribution in [2.75, 3.05) is 18.6 Å². The van der Waals surface area contributed by atoms with Gasteiger partial charge in [-0.15, -0.1) is 0 Å². The highest BCUT2D eigenvalue weighted by atomic mass is 79.9. The summed E-state index contributed by atoms with van der Waals surface area (Å²) in [6.45, 7) is 0.652. The van der Waals surface area contributed by atoms with Crippen LogP contribution in [-0.2, 0) is 0 Å². The summed E-state index contributed by atoms with van der Waals surface area (Å²) in [7, 11) is 0. The zero-order chi connectivity index (χ0) is 13.4. The molecule has 0 saturated heterocycles. The third-order valence-corrected chi connectivity index (χ3v) is 3.70. The molecule has 2 N–H and O–H groups in total. The Morgan fingerprint density at radius 1 is 1.39 bits per heavy atom. The van der Waals surface area contributed by atoms with Gasteiger partial charge < -0.3 is 10.4 Å². The first-order valence-electron chi connectivity index (χ1n) is 5.91. The average Bonchev–Trinajstić information content (AvgIpc) is 2.36. The molecule has 0 saturated carbocycles. The minimum atomic E-state index is -0.223. The number of halogens is 1. The van der Waals surface area contributed by atoms with Crippen molar-refractivity contribution < 1.29 is 9.90 Å². The summed E-state index contributed by atoms with van der Waals surface area (Å²) in [4.78, 5) is 11.8. The number of hydrogen-bond donors (Lipinski definition) is 2. The number of carbonyl (C=O) groups is 1. The summed E-state index contributed by atoms with van der Waals surface area (Å²) >= 11 is 5.12. The molecule has 5 heteroatoms. The monoisotopic (exact) mass is 331 g/mol. The number of carbonyl (C=O) groups excluding carboxylic acids is 1. The van der Waals surface area contributed by atoms with E-state index in [0.717, 1.165) is 17.3 Å². The molecule has 0 fully saturated rings. The molecule has 18 heavy (non-hydrogen) atoms. The second-order valence-electron chi connectivity index (χ2n) is 3.97. The zero-order valence-electron chi connectivity index (χ0n) is 10.4. The SMILES string of the molecule is CSCCCCCNC(=O)c1cc(Br)ccc1O. The summed E-state index contributed by atoms with van der Waals surface area (Å²) < 4.78 is 0.783. The maximum atomic E-state index is 11.8. The van der Waals surface area contributed by atoms with E-state index < -0.39 is 0 Å². The van der Waals surface area contributed by atoms with Gasteiger partial charge in [-0.25, -0.2) is 0 Å². The van der Waals surface area contributed by atoms with Gasteiger partial charge >= 0.3 is 0 Å². The Morgan fingerprint density at radius 3 is 2.89 bits per heavy atom. The molecule has 0 atom stereocenters. The number of hydrogen-bond acceptors (Lipinski definition) is 3. The largest absolute Gasteiger partial charge is 0.507 e. The minimum absolute atomic E-state index is 0.0121. The quantitative estimate of drug-likeness (QED) is 0.752. The van der Waals surface area contributed by atoms with Gasteiger partial charge in [0.15, 0.2) is 0 Å². The van der Waals surface area contributed by atoms with E-state index in [1.54, 1.807) is 12.1 Å². The molecule has 0 aliphatic carbocycles. The number of amides is 1. The molecule has 1 aromatic rings. The molecule has 0 aliphatic rings. The molecule has 0 aliphatic heterocycles. The average molecular weight is 332 g/mol. The molecule has 3 nitrogen and oxygen atoms in total. The highest BCUT2D eigenvalue weighted by molar-refractivity contribution is 9.10. The maximum absolute atomic E-state index is 11.8. The molecule has 0 spiro atoms. The number of rotatable bonds is 7. The molecule has 100 valence electrons. The van der Waals surface area contributed by atoms with Crippen molar-refractivity contribution in [3.63, 3.8) is 0 Å². The number of benzene rings is 1. The Morgan fingerprint density at radius 2 is 2.17 bits per heavy atom. The Labute approximate surface area is 120 Å². The van der Waals surface area contributed by atoms with Crippen molar-refractivity contribution in [3.8, 4) is 5.75 Å². The molecule has 0 unspecified atom stereocenters. The third kappa shape index (κ3) is 5.31. The van der Waals surface area contributed by atoms with E-state index in [4.69, 9.17) is 0 Å². The number of nitrogens with one attached hydrogen (secondary N) is 1. The molecule has 1 aromatic carbocycles. The Kier molecular flexibility index (Phi) is 7.20. The van der Waals surface area contributed by atoms with Crippen LogP contribution in [0, 0.1) is 0 Å². The maximum Gasteiger partial charge on any atom is 0.255 e. The summed E-state index contributed by atoms with van der Waals surface area (Å²) in [6, 6.07) is 4.84. The van der Waals surface area contributed by atoms with Gasteiger partial charge in [0.05, 0.1) is 5.56 Å². The number of thioether (sulfide) groups is 1. The molecular weight excluding hydrogens is 314 g/mol. The zero-order valence-corrected chi connectivity index (χ0v) is 12.8. The van der Waals surface area contributed by atoms with Crippen LogP contribution in [0.4, 0.5) is 0 Å². The molecule has 0 heterocycles. The first-order chi connectivity index (χ1) is 8.65. The van der Waals surface area contributed by atoms with Crippen molar-refractivity contribution in [2.24, 2.45) is 0 Å². The predicted molar refractivity (Wildman–Crippen MR) is 80.4 cm³/mol. The van der Waals surface area contributed by atoms with E-state index in [9.17, 15) is 9.90 Å². The van der Waals surface area contributed by atoms with Crippen molar-refractivity contribution >= 4 is 33.6 Å². The van der Waals surface area contributed by atoms with E-state index in [0.29, 0.717) is 12.1 Å². The molecule has 1 rings (SSSR count). The summed E-state index contributed by atoms with van der Waals surface area (Å²) in [5.74, 6) is 0.956. The number of aromatic hydroxyl groups is 1. The van der Waals surface area contributed by atoms with Crippen molar-refractivity contribution in [2.45, 2.75) is 19.3 Å². The van der Waals surface area contributed by atoms with Crippen LogP contribution in [0.3, 0.4) is 0 Å². The highest BCUT2D eigenvalue weighted by Crippen LogP contribution is 2.21. The second kappa shape index (κ2) is 8.43. The summed E-state index contributed by atoms with van der Waals surface area (Å²) in [5, 5.41) is 12.4. The molecule has 0 bridgehead atoms. The van der Waals surface area contributed by atoms with Gasteiger partial charge in [0, 0.05) is 11.0 Å². The van der Waals surface area contributed by atoms with E-state index >= 15 is 0 Å². The van der Waals surface area contributed by atoms with Gasteiger partial charge in [0.1, 0.15) is 5.75 Å². The second-order valence-corrected chi connectivity index (χ2v) is 5.87. The van der Waals surface area contributed by atoms with Gasteiger partial charge in [-0.2, -0.15) is 11.8 Å². The number of phenols is 1. The van der Waals surface area contributed by atoms with Crippen molar-refractivity contribution in [1.29, 1.82) is 0 Å². The lowest BCUT2D eigenvalue weighted by atomic mass is 10.2. The van der Waals surface area contributed by atoms with Gasteiger partial charge in [0.2, 0.25) is 0 Å². The molecule has 0 aromatic heterocycles. The minimum Gasteiger partial charge on any atom is -0.507 e. The fourth-order valence-electron chi connectivity index (χ4n) is 1.54. The van der Waals surface area contributed by atoms with Crippen LogP contribution in [0.2, 0.25) is 0 Å². The highest BCUT2D eigenvalue weighted by Gasteiger charge is 2.10. The van der Waals surface area contributed by atoms with Gasteiger partial charge in [-0.1, -0.05) is 22.4 Å². The number of unbranched alkanes of at least 4 members (excludes halogenated alkanes) is 2. The summed E-state index contributed by atoms with van der Waals surface area (Å²) in [6.07, 6.45) is 5.36. The first-order valence-corrected chi connectivity index (χ1v) is 8.09. The first kappa shape index (κ1) is 15.4. The smallest absolute Gasteiger partial charge is 0.255 e. The van der Waals surface area contributed by atoms with E-state index in [-0.39, 0.29) is 11.7 Å². The van der Waals surface area contributed by atoms with Crippen molar-refractivity contribution in [3.05, 3.63) is 28.2 Å². The lowest BCUT2D eigenvalue weighted by molar-refractivity contribution is 0.0950. The fourth-order valence-corrected chi connectivity index (χ4v) is 2.39. The van der Waals surface area contributed by atoms with Crippen LogP contribution in [0.5, 0.6) is 5.75 Å².